The highest BCUT2D eigenvalue weighted by Crippen LogP contribution is 2.64. The van der Waals surface area contributed by atoms with Gasteiger partial charge in [-0.15, -0.1) is 0 Å². The molecule has 0 saturated heterocycles. The lowest BCUT2D eigenvalue weighted by Gasteiger charge is -2.33. The smallest absolute Gasteiger partial charge is 0.143 e. The molecule has 0 amide bonds. The van der Waals surface area contributed by atoms with Gasteiger partial charge in [0.25, 0.3) is 0 Å². The normalized spacial score (nSPS) is 13.6. The lowest BCUT2D eigenvalue weighted by atomic mass is 9.68. The van der Waals surface area contributed by atoms with E-state index in [-0.39, 0.29) is 11.8 Å². The van der Waals surface area contributed by atoms with Gasteiger partial charge in [-0.3, -0.25) is 0 Å². The van der Waals surface area contributed by atoms with Crippen LogP contribution in [0.1, 0.15) is 67.5 Å². The minimum absolute atomic E-state index is 0.0290. The fourth-order valence-electron chi connectivity index (χ4n) is 15.7. The van der Waals surface area contributed by atoms with Crippen molar-refractivity contribution in [2.24, 2.45) is 0 Å². The molecule has 14 aromatic carbocycles. The summed E-state index contributed by atoms with van der Waals surface area (Å²) in [5, 5.41) is 9.63. The second-order valence-electron chi connectivity index (χ2n) is 24.0. The Labute approximate surface area is 504 Å². The maximum Gasteiger partial charge on any atom is 0.143 e. The van der Waals surface area contributed by atoms with Crippen LogP contribution < -0.4 is 0 Å². The molecule has 0 aliphatic heterocycles. The number of rotatable bonds is 10. The van der Waals surface area contributed by atoms with Gasteiger partial charge in [0.1, 0.15) is 22.3 Å². The van der Waals surface area contributed by atoms with Crippen LogP contribution in [0.5, 0.6) is 0 Å². The molecule has 2 aromatic heterocycles. The van der Waals surface area contributed by atoms with E-state index in [9.17, 15) is 0 Å². The molecule has 18 rings (SSSR count). The molecule has 0 N–H and O–H groups in total. The van der Waals surface area contributed by atoms with Gasteiger partial charge >= 0.3 is 0 Å². The average Bonchev–Trinajstić information content (AvgIpc) is 1.51. The summed E-state index contributed by atoms with van der Waals surface area (Å²) < 4.78 is 13.2. The predicted octanol–water partition coefficient (Wildman–Crippen LogP) is 22.2. The van der Waals surface area contributed by atoms with Crippen molar-refractivity contribution in [3.05, 3.63) is 359 Å². The van der Waals surface area contributed by atoms with Gasteiger partial charge in [-0.25, -0.2) is 0 Å². The number of hydrogen-bond acceptors (Lipinski definition) is 2. The van der Waals surface area contributed by atoms with Gasteiger partial charge in [0, 0.05) is 44.5 Å². The summed E-state index contributed by atoms with van der Waals surface area (Å²) in [6, 6.07) is 113. The van der Waals surface area contributed by atoms with Crippen LogP contribution in [0.15, 0.2) is 312 Å². The fourth-order valence-corrected chi connectivity index (χ4v) is 15.7. The predicted molar refractivity (Wildman–Crippen MR) is 360 cm³/mol. The molecule has 2 aliphatic carbocycles. The van der Waals surface area contributed by atoms with Crippen LogP contribution in [-0.4, -0.2) is 0 Å². The molecule has 0 saturated carbocycles. The van der Waals surface area contributed by atoms with Crippen molar-refractivity contribution in [1.82, 2.24) is 0 Å². The SMILES string of the molecule is c1ccc2c(c1)-c1ccccc1C21c2cc(CC(c3ccc(-c4cccc5c4oc4ccccc45)cc3)c3cccc4ccccc34)ccc2-c2cccc(CC(c3ccc(-c4cccc5c4oc4ccccc45)cc3)c3cccc4ccccc34)c21. The van der Waals surface area contributed by atoms with E-state index in [1.165, 1.54) is 99.4 Å². The number of benzene rings is 14. The molecule has 0 fully saturated rings. The van der Waals surface area contributed by atoms with E-state index in [0.29, 0.717) is 0 Å². The summed E-state index contributed by atoms with van der Waals surface area (Å²) in [5.41, 5.74) is 26.2. The Kier molecular flexibility index (Phi) is 11.2. The Morgan fingerprint density at radius 2 is 0.701 bits per heavy atom. The zero-order valence-electron chi connectivity index (χ0n) is 47.8. The summed E-state index contributed by atoms with van der Waals surface area (Å²) in [5.74, 6) is 0.0874. The molecule has 2 heterocycles. The molecule has 2 unspecified atom stereocenters. The summed E-state index contributed by atoms with van der Waals surface area (Å²) in [6.07, 6.45) is 1.61. The quantitative estimate of drug-likeness (QED) is 0.136. The lowest BCUT2D eigenvalue weighted by molar-refractivity contribution is 0.669. The average molecular weight is 1110 g/mol. The highest BCUT2D eigenvalue weighted by atomic mass is 16.3. The first-order valence-electron chi connectivity index (χ1n) is 30.6. The van der Waals surface area contributed by atoms with E-state index >= 15 is 0 Å². The molecule has 408 valence electrons. The minimum atomic E-state index is -0.572. The first-order valence-corrected chi connectivity index (χ1v) is 30.6. The van der Waals surface area contributed by atoms with Crippen LogP contribution in [0.2, 0.25) is 0 Å². The molecule has 2 atom stereocenters. The second kappa shape index (κ2) is 19.6. The summed E-state index contributed by atoms with van der Waals surface area (Å²) in [7, 11) is 0. The minimum Gasteiger partial charge on any atom is -0.455 e. The fraction of sp³-hybridized carbons (Fsp3) is 0.0588. The van der Waals surface area contributed by atoms with E-state index in [1.54, 1.807) is 0 Å². The molecular weight excluding hydrogens is 1050 g/mol. The maximum absolute atomic E-state index is 6.59. The van der Waals surface area contributed by atoms with Crippen molar-refractivity contribution in [1.29, 1.82) is 0 Å². The van der Waals surface area contributed by atoms with Gasteiger partial charge in [-0.1, -0.05) is 291 Å². The zero-order chi connectivity index (χ0) is 57.2. The zero-order valence-corrected chi connectivity index (χ0v) is 47.8. The molecule has 2 nitrogen and oxygen atoms in total. The Morgan fingerprint density at radius 1 is 0.287 bits per heavy atom. The molecule has 2 heteroatoms. The first kappa shape index (κ1) is 49.6. The molecule has 87 heavy (non-hydrogen) atoms. The lowest BCUT2D eigenvalue weighted by Crippen LogP contribution is -2.28. The van der Waals surface area contributed by atoms with Crippen LogP contribution in [-0.2, 0) is 18.3 Å². The highest BCUT2D eigenvalue weighted by molar-refractivity contribution is 6.11. The summed E-state index contributed by atoms with van der Waals surface area (Å²) in [4.78, 5) is 0. The Balaban J connectivity index is 0.789. The van der Waals surface area contributed by atoms with Crippen LogP contribution >= 0.6 is 0 Å². The third-order valence-electron chi connectivity index (χ3n) is 19.6. The van der Waals surface area contributed by atoms with Crippen molar-refractivity contribution >= 4 is 65.4 Å². The third kappa shape index (κ3) is 7.60. The molecule has 1 spiro atoms. The van der Waals surface area contributed by atoms with Gasteiger partial charge in [0.15, 0.2) is 0 Å². The van der Waals surface area contributed by atoms with Crippen molar-refractivity contribution in [3.8, 4) is 44.5 Å². The Bertz CT molecular complexity index is 5370. The van der Waals surface area contributed by atoms with Gasteiger partial charge < -0.3 is 8.83 Å². The molecule has 16 aromatic rings. The Morgan fingerprint density at radius 3 is 1.26 bits per heavy atom. The molecule has 2 aliphatic rings. The van der Waals surface area contributed by atoms with Gasteiger partial charge in [0.05, 0.1) is 5.41 Å². The summed E-state index contributed by atoms with van der Waals surface area (Å²) in [6.45, 7) is 0. The van der Waals surface area contributed by atoms with E-state index in [0.717, 1.165) is 79.0 Å². The molecule has 0 bridgehead atoms. The van der Waals surface area contributed by atoms with Gasteiger partial charge in [-0.2, -0.15) is 0 Å². The van der Waals surface area contributed by atoms with E-state index in [1.807, 2.05) is 12.1 Å². The number of fused-ring (bicyclic) bond motifs is 18. The monoisotopic (exact) mass is 1110 g/mol. The standard InChI is InChI=1S/C85H56O2/c1-3-23-61-54(18-1)20-13-31-65(61)75(58-45-41-56(42-46-58)63-29-16-34-73-70-27-7-11-38-80(70)86-83(63)73)50-53-40-49-69-72-33-15-22-60(82(72)85(79(69)51-53)77-36-9-5-25-67(77)68-26-6-10-37-78(68)85)52-76(66-32-14-21-55-19-2-4-24-62(55)66)59-47-43-57(44-48-59)64-30-17-35-74-71-28-8-12-39-81(71)87-84(64)74/h1-49,51,75-76H,50,52H2. The van der Waals surface area contributed by atoms with Crippen LogP contribution in [0, 0.1) is 0 Å². The topological polar surface area (TPSA) is 26.3 Å². The Hall–Kier alpha value is -10.8. The van der Waals surface area contributed by atoms with Crippen molar-refractivity contribution in [2.45, 2.75) is 30.1 Å². The molecule has 0 radical (unpaired) electrons. The van der Waals surface area contributed by atoms with Crippen LogP contribution in [0.3, 0.4) is 0 Å². The number of para-hydroxylation sites is 4. The maximum atomic E-state index is 6.59. The van der Waals surface area contributed by atoms with E-state index in [4.69, 9.17) is 8.83 Å². The van der Waals surface area contributed by atoms with Crippen LogP contribution in [0.25, 0.3) is 110 Å². The third-order valence-corrected chi connectivity index (χ3v) is 19.6. The molecular formula is C85H56O2. The number of hydrogen-bond donors (Lipinski definition) is 0. The van der Waals surface area contributed by atoms with Crippen molar-refractivity contribution in [3.63, 3.8) is 0 Å². The second-order valence-corrected chi connectivity index (χ2v) is 24.0. The van der Waals surface area contributed by atoms with E-state index < -0.39 is 5.41 Å². The van der Waals surface area contributed by atoms with E-state index in [2.05, 4.69) is 291 Å². The summed E-state index contributed by atoms with van der Waals surface area (Å²) >= 11 is 0. The number of furan rings is 2. The van der Waals surface area contributed by atoms with Crippen molar-refractivity contribution < 1.29 is 8.83 Å². The van der Waals surface area contributed by atoms with Crippen molar-refractivity contribution in [2.75, 3.05) is 0 Å². The van der Waals surface area contributed by atoms with Gasteiger partial charge in [-0.05, 0) is 136 Å². The first-order chi connectivity index (χ1) is 43.1. The highest BCUT2D eigenvalue weighted by Gasteiger charge is 2.53. The largest absolute Gasteiger partial charge is 0.455 e. The van der Waals surface area contributed by atoms with Crippen LogP contribution in [0.4, 0.5) is 0 Å². The van der Waals surface area contributed by atoms with Gasteiger partial charge in [0.2, 0.25) is 0 Å².